The third-order valence-corrected chi connectivity index (χ3v) is 5.68. The van der Waals surface area contributed by atoms with E-state index >= 15 is 0 Å². The van der Waals surface area contributed by atoms with E-state index in [4.69, 9.17) is 12.2 Å². The zero-order valence-electron chi connectivity index (χ0n) is 13.5. The van der Waals surface area contributed by atoms with Crippen LogP contribution in [0.4, 0.5) is 0 Å². The first-order valence-corrected chi connectivity index (χ1v) is 10.2. The summed E-state index contributed by atoms with van der Waals surface area (Å²) in [5.74, 6) is -0.682. The number of aryl methyl sites for hydroxylation is 1. The van der Waals surface area contributed by atoms with E-state index in [2.05, 4.69) is 6.92 Å². The molecule has 1 aliphatic heterocycles. The molecule has 0 radical (unpaired) electrons. The Balaban J connectivity index is 2.23. The standard InChI is InChI=1S/C17H19NO3S3/c1-3-11-4-6-12(7-5-11)10-14-15(19)18(17(22)24-14)13(16(20)21)8-9-23-2/h4-7,10,13H,3,8-9H2,1-2H3,(H,20,21)/b14-10-. The van der Waals surface area contributed by atoms with E-state index in [9.17, 15) is 14.7 Å². The van der Waals surface area contributed by atoms with E-state index < -0.39 is 12.0 Å². The van der Waals surface area contributed by atoms with Crippen LogP contribution in [0.3, 0.4) is 0 Å². The van der Waals surface area contributed by atoms with Crippen LogP contribution in [0.15, 0.2) is 29.2 Å². The van der Waals surface area contributed by atoms with Crippen molar-refractivity contribution in [2.45, 2.75) is 25.8 Å². The minimum absolute atomic E-state index is 0.310. The van der Waals surface area contributed by atoms with Gasteiger partial charge < -0.3 is 5.11 Å². The quantitative estimate of drug-likeness (QED) is 0.575. The summed E-state index contributed by atoms with van der Waals surface area (Å²) in [7, 11) is 0. The molecule has 0 spiro atoms. The summed E-state index contributed by atoms with van der Waals surface area (Å²) in [5.41, 5.74) is 2.13. The van der Waals surface area contributed by atoms with Crippen LogP contribution >= 0.6 is 35.7 Å². The summed E-state index contributed by atoms with van der Waals surface area (Å²) in [6.45, 7) is 2.08. The smallest absolute Gasteiger partial charge is 0.326 e. The highest BCUT2D eigenvalue weighted by Crippen LogP contribution is 2.34. The van der Waals surface area contributed by atoms with Crippen molar-refractivity contribution in [1.29, 1.82) is 0 Å². The lowest BCUT2D eigenvalue weighted by Crippen LogP contribution is -2.44. The summed E-state index contributed by atoms with van der Waals surface area (Å²) in [5, 5.41) is 9.44. The lowest BCUT2D eigenvalue weighted by Gasteiger charge is -2.22. The van der Waals surface area contributed by atoms with E-state index in [0.717, 1.165) is 23.7 Å². The zero-order valence-corrected chi connectivity index (χ0v) is 16.0. The minimum Gasteiger partial charge on any atom is -0.480 e. The number of thiocarbonyl (C=S) groups is 1. The second-order valence-corrected chi connectivity index (χ2v) is 7.94. The Kier molecular flexibility index (Phi) is 6.89. The van der Waals surface area contributed by atoms with Gasteiger partial charge in [0, 0.05) is 0 Å². The first-order chi connectivity index (χ1) is 11.5. The number of rotatable bonds is 7. The molecule has 1 aromatic carbocycles. The normalized spacial score (nSPS) is 17.6. The monoisotopic (exact) mass is 381 g/mol. The third-order valence-electron chi connectivity index (χ3n) is 3.70. The number of carboxylic acids is 1. The van der Waals surface area contributed by atoms with Crippen molar-refractivity contribution in [3.63, 3.8) is 0 Å². The Bertz CT molecular complexity index is 670. The summed E-state index contributed by atoms with van der Waals surface area (Å²) in [4.78, 5) is 25.9. The summed E-state index contributed by atoms with van der Waals surface area (Å²) in [6.07, 6.45) is 5.01. The Morgan fingerprint density at radius 1 is 1.42 bits per heavy atom. The lowest BCUT2D eigenvalue weighted by atomic mass is 10.1. The summed E-state index contributed by atoms with van der Waals surface area (Å²) >= 11 is 7.97. The molecule has 2 rings (SSSR count). The van der Waals surface area contributed by atoms with Crippen LogP contribution < -0.4 is 0 Å². The molecule has 1 heterocycles. The Morgan fingerprint density at radius 3 is 2.62 bits per heavy atom. The molecule has 0 saturated carbocycles. The van der Waals surface area contributed by atoms with Gasteiger partial charge in [-0.05, 0) is 42.1 Å². The van der Waals surface area contributed by atoms with Gasteiger partial charge in [-0.2, -0.15) is 11.8 Å². The van der Waals surface area contributed by atoms with Crippen molar-refractivity contribution in [1.82, 2.24) is 4.90 Å². The van der Waals surface area contributed by atoms with Crippen molar-refractivity contribution >= 4 is 58.0 Å². The lowest BCUT2D eigenvalue weighted by molar-refractivity contribution is -0.145. The predicted octanol–water partition coefficient (Wildman–Crippen LogP) is 3.66. The van der Waals surface area contributed by atoms with E-state index in [0.29, 0.717) is 21.4 Å². The molecule has 7 heteroatoms. The molecule has 0 aliphatic carbocycles. The van der Waals surface area contributed by atoms with Gasteiger partial charge in [-0.25, -0.2) is 4.79 Å². The van der Waals surface area contributed by atoms with Crippen molar-refractivity contribution in [2.24, 2.45) is 0 Å². The van der Waals surface area contributed by atoms with Crippen LogP contribution in [0, 0.1) is 0 Å². The van der Waals surface area contributed by atoms with Gasteiger partial charge in [-0.1, -0.05) is 55.2 Å². The minimum atomic E-state index is -1.02. The van der Waals surface area contributed by atoms with Gasteiger partial charge in [0.15, 0.2) is 0 Å². The second kappa shape index (κ2) is 8.69. The average molecular weight is 382 g/mol. The molecule has 1 atom stereocenters. The van der Waals surface area contributed by atoms with Gasteiger partial charge in [0.2, 0.25) is 0 Å². The van der Waals surface area contributed by atoms with Crippen molar-refractivity contribution in [2.75, 3.05) is 12.0 Å². The largest absolute Gasteiger partial charge is 0.480 e. The Labute approximate surface area is 155 Å². The van der Waals surface area contributed by atoms with Gasteiger partial charge in [0.05, 0.1) is 4.91 Å². The number of benzene rings is 1. The van der Waals surface area contributed by atoms with Crippen LogP contribution in [-0.4, -0.2) is 44.3 Å². The SMILES string of the molecule is CCc1ccc(/C=C2\SC(=S)N(C(CCSC)C(=O)O)C2=O)cc1. The van der Waals surface area contributed by atoms with E-state index in [1.165, 1.54) is 10.5 Å². The summed E-state index contributed by atoms with van der Waals surface area (Å²) in [6, 6.07) is 7.04. The number of hydrogen-bond acceptors (Lipinski definition) is 5. The van der Waals surface area contributed by atoms with E-state index in [-0.39, 0.29) is 5.91 Å². The molecule has 4 nitrogen and oxygen atoms in total. The third kappa shape index (κ3) is 4.40. The van der Waals surface area contributed by atoms with Crippen molar-refractivity contribution < 1.29 is 14.7 Å². The molecule has 1 saturated heterocycles. The maximum Gasteiger partial charge on any atom is 0.326 e. The first kappa shape index (κ1) is 19.0. The maximum absolute atomic E-state index is 12.6. The number of hydrogen-bond donors (Lipinski definition) is 1. The molecule has 1 aromatic rings. The van der Waals surface area contributed by atoms with Gasteiger partial charge in [-0.3, -0.25) is 9.69 Å². The fraction of sp³-hybridized carbons (Fsp3) is 0.353. The first-order valence-electron chi connectivity index (χ1n) is 7.55. The number of carbonyl (C=O) groups is 2. The zero-order chi connectivity index (χ0) is 17.7. The molecule has 128 valence electrons. The number of carboxylic acid groups (broad SMARTS) is 1. The highest BCUT2D eigenvalue weighted by Gasteiger charge is 2.40. The number of thioether (sulfide) groups is 2. The number of carbonyl (C=O) groups excluding carboxylic acids is 1. The van der Waals surface area contributed by atoms with Gasteiger partial charge in [0.25, 0.3) is 5.91 Å². The van der Waals surface area contributed by atoms with Crippen molar-refractivity contribution in [3.05, 3.63) is 40.3 Å². The fourth-order valence-electron chi connectivity index (χ4n) is 2.34. The Morgan fingerprint density at radius 2 is 2.08 bits per heavy atom. The Hall–Kier alpha value is -1.31. The van der Waals surface area contributed by atoms with E-state index in [1.807, 2.05) is 30.5 Å². The highest BCUT2D eigenvalue weighted by molar-refractivity contribution is 8.26. The van der Waals surface area contributed by atoms with Crippen LogP contribution in [0.1, 0.15) is 24.5 Å². The fourth-order valence-corrected chi connectivity index (χ4v) is 4.16. The highest BCUT2D eigenvalue weighted by atomic mass is 32.2. The summed E-state index contributed by atoms with van der Waals surface area (Å²) < 4.78 is 0.310. The maximum atomic E-state index is 12.6. The molecule has 1 unspecified atom stereocenters. The van der Waals surface area contributed by atoms with Crippen LogP contribution in [-0.2, 0) is 16.0 Å². The van der Waals surface area contributed by atoms with Gasteiger partial charge in [0.1, 0.15) is 10.4 Å². The molecular formula is C17H19NO3S3. The van der Waals surface area contributed by atoms with Crippen LogP contribution in [0.5, 0.6) is 0 Å². The van der Waals surface area contributed by atoms with Crippen LogP contribution in [0.2, 0.25) is 0 Å². The van der Waals surface area contributed by atoms with E-state index in [1.54, 1.807) is 17.8 Å². The molecule has 24 heavy (non-hydrogen) atoms. The molecule has 1 fully saturated rings. The average Bonchev–Trinajstić information content (AvgIpc) is 2.83. The molecule has 0 bridgehead atoms. The number of nitrogens with zero attached hydrogens (tertiary/aromatic N) is 1. The molecule has 0 aromatic heterocycles. The van der Waals surface area contributed by atoms with Crippen molar-refractivity contribution in [3.8, 4) is 0 Å². The molecule has 1 N–H and O–H groups in total. The number of amides is 1. The predicted molar refractivity (Wildman–Crippen MR) is 105 cm³/mol. The molecule has 1 aliphatic rings. The second-order valence-electron chi connectivity index (χ2n) is 5.28. The van der Waals surface area contributed by atoms with Gasteiger partial charge in [-0.15, -0.1) is 0 Å². The number of aliphatic carboxylic acids is 1. The topological polar surface area (TPSA) is 57.6 Å². The molecular weight excluding hydrogens is 362 g/mol. The molecule has 1 amide bonds. The van der Waals surface area contributed by atoms with Gasteiger partial charge >= 0.3 is 5.97 Å². The van der Waals surface area contributed by atoms with Crippen LogP contribution in [0.25, 0.3) is 6.08 Å².